The van der Waals surface area contributed by atoms with E-state index in [1.165, 1.54) is 47.4 Å². The summed E-state index contributed by atoms with van der Waals surface area (Å²) >= 11 is 12.3. The summed E-state index contributed by atoms with van der Waals surface area (Å²) in [6.07, 6.45) is 1.64. The third kappa shape index (κ3) is 7.32. The van der Waals surface area contributed by atoms with Gasteiger partial charge in [0, 0.05) is 12.6 Å². The fraction of sp³-hybridized carbons (Fsp3) is 0.391. The third-order valence-electron chi connectivity index (χ3n) is 5.31. The fourth-order valence-corrected chi connectivity index (χ4v) is 4.42. The molecule has 2 rings (SSSR count). The lowest BCUT2D eigenvalue weighted by atomic mass is 10.1. The minimum absolute atomic E-state index is 0.0185. The molecule has 0 radical (unpaired) electrons. The summed E-state index contributed by atoms with van der Waals surface area (Å²) in [7, 11) is -3.94. The first-order valence-electron chi connectivity index (χ1n) is 10.6. The van der Waals surface area contributed by atoms with Crippen LogP contribution in [0, 0.1) is 5.82 Å². The van der Waals surface area contributed by atoms with Crippen molar-refractivity contribution in [3.8, 4) is 0 Å². The molecule has 34 heavy (non-hydrogen) atoms. The Hall–Kier alpha value is -2.36. The van der Waals surface area contributed by atoms with Gasteiger partial charge in [0.1, 0.15) is 18.4 Å². The van der Waals surface area contributed by atoms with E-state index in [2.05, 4.69) is 5.32 Å². The van der Waals surface area contributed by atoms with E-state index in [0.29, 0.717) is 12.0 Å². The maximum Gasteiger partial charge on any atom is 0.244 e. The Morgan fingerprint density at radius 2 is 1.71 bits per heavy atom. The molecule has 2 aromatic rings. The highest BCUT2D eigenvalue weighted by Gasteiger charge is 2.31. The minimum Gasteiger partial charge on any atom is -0.352 e. The van der Waals surface area contributed by atoms with E-state index in [4.69, 9.17) is 23.2 Å². The number of rotatable bonds is 10. The van der Waals surface area contributed by atoms with Gasteiger partial charge in [0.2, 0.25) is 21.8 Å². The van der Waals surface area contributed by atoms with E-state index in [1.807, 2.05) is 13.8 Å². The van der Waals surface area contributed by atoms with Gasteiger partial charge in [-0.1, -0.05) is 48.3 Å². The lowest BCUT2D eigenvalue weighted by Gasteiger charge is -2.32. The van der Waals surface area contributed by atoms with E-state index in [9.17, 15) is 22.4 Å². The van der Waals surface area contributed by atoms with Gasteiger partial charge in [-0.05, 0) is 50.1 Å². The average molecular weight is 532 g/mol. The number of amides is 2. The van der Waals surface area contributed by atoms with Gasteiger partial charge in [-0.15, -0.1) is 0 Å². The van der Waals surface area contributed by atoms with E-state index >= 15 is 0 Å². The number of anilines is 1. The van der Waals surface area contributed by atoms with Gasteiger partial charge < -0.3 is 10.2 Å². The molecule has 0 aromatic heterocycles. The molecular weight excluding hydrogens is 504 g/mol. The van der Waals surface area contributed by atoms with Crippen LogP contribution in [-0.4, -0.2) is 50.0 Å². The van der Waals surface area contributed by atoms with E-state index in [0.717, 1.165) is 10.6 Å². The minimum atomic E-state index is -3.94. The van der Waals surface area contributed by atoms with Crippen molar-refractivity contribution in [2.75, 3.05) is 17.1 Å². The standard InChI is InChI=1S/C23H28Cl2FN3O4S/c1-5-15(2)27-23(31)16(3)28(13-17-9-11-18(26)12-10-17)21(30)14-29(34(4,32)33)20-8-6-7-19(24)22(20)25/h6-12,15-16H,5,13-14H2,1-4H3,(H,27,31)/t15-,16-/m1/s1. The summed E-state index contributed by atoms with van der Waals surface area (Å²) in [6, 6.07) is 8.90. The SMILES string of the molecule is CC[C@@H](C)NC(=O)[C@@H](C)N(Cc1ccc(F)cc1)C(=O)CN(c1cccc(Cl)c1Cl)S(C)(=O)=O. The van der Waals surface area contributed by atoms with Crippen molar-refractivity contribution in [2.24, 2.45) is 0 Å². The number of carbonyl (C=O) groups excluding carboxylic acids is 2. The summed E-state index contributed by atoms with van der Waals surface area (Å²) in [5.41, 5.74) is 0.619. The van der Waals surface area contributed by atoms with Crippen LogP contribution in [0.4, 0.5) is 10.1 Å². The molecule has 11 heteroatoms. The summed E-state index contributed by atoms with van der Waals surface area (Å²) in [5, 5.41) is 2.94. The molecule has 0 aliphatic rings. The number of hydrogen-bond donors (Lipinski definition) is 1. The van der Waals surface area contributed by atoms with Gasteiger partial charge in [0.25, 0.3) is 0 Å². The highest BCUT2D eigenvalue weighted by atomic mass is 35.5. The third-order valence-corrected chi connectivity index (χ3v) is 7.25. The number of carbonyl (C=O) groups is 2. The van der Waals surface area contributed by atoms with E-state index < -0.39 is 40.2 Å². The van der Waals surface area contributed by atoms with Crippen LogP contribution in [0.3, 0.4) is 0 Å². The molecule has 1 N–H and O–H groups in total. The summed E-state index contributed by atoms with van der Waals surface area (Å²) in [6.45, 7) is 4.66. The average Bonchev–Trinajstić information content (AvgIpc) is 2.77. The second-order valence-electron chi connectivity index (χ2n) is 7.98. The summed E-state index contributed by atoms with van der Waals surface area (Å²) in [5.74, 6) is -1.47. The Labute approximate surface area is 209 Å². The Balaban J connectivity index is 2.42. The zero-order valence-corrected chi connectivity index (χ0v) is 21.7. The zero-order valence-electron chi connectivity index (χ0n) is 19.4. The molecular formula is C23H28Cl2FN3O4S. The molecule has 2 aromatic carbocycles. The number of nitrogens with zero attached hydrogens (tertiary/aromatic N) is 2. The van der Waals surface area contributed by atoms with Crippen LogP contribution < -0.4 is 9.62 Å². The van der Waals surface area contributed by atoms with Crippen LogP contribution >= 0.6 is 23.2 Å². The Morgan fingerprint density at radius 3 is 2.26 bits per heavy atom. The maximum absolute atomic E-state index is 13.4. The summed E-state index contributed by atoms with van der Waals surface area (Å²) in [4.78, 5) is 27.5. The normalized spacial score (nSPS) is 13.1. The number of benzene rings is 2. The molecule has 0 heterocycles. The van der Waals surface area contributed by atoms with Crippen molar-refractivity contribution < 1.29 is 22.4 Å². The highest BCUT2D eigenvalue weighted by Crippen LogP contribution is 2.33. The molecule has 2 amide bonds. The number of sulfonamides is 1. The molecule has 186 valence electrons. The van der Waals surface area contributed by atoms with Crippen molar-refractivity contribution in [2.45, 2.75) is 45.8 Å². The van der Waals surface area contributed by atoms with Gasteiger partial charge in [-0.3, -0.25) is 13.9 Å². The smallest absolute Gasteiger partial charge is 0.244 e. The number of hydrogen-bond acceptors (Lipinski definition) is 4. The fourth-order valence-electron chi connectivity index (χ4n) is 3.11. The van der Waals surface area contributed by atoms with Gasteiger partial charge >= 0.3 is 0 Å². The molecule has 0 aliphatic carbocycles. The van der Waals surface area contributed by atoms with Crippen LogP contribution in [-0.2, 0) is 26.2 Å². The first-order chi connectivity index (χ1) is 15.8. The van der Waals surface area contributed by atoms with Gasteiger partial charge in [-0.2, -0.15) is 0 Å². The molecule has 0 fully saturated rings. The lowest BCUT2D eigenvalue weighted by Crippen LogP contribution is -2.52. The van der Waals surface area contributed by atoms with Gasteiger partial charge in [0.15, 0.2) is 0 Å². The maximum atomic E-state index is 13.4. The number of halogens is 3. The zero-order chi connectivity index (χ0) is 25.6. The van der Waals surface area contributed by atoms with Crippen molar-refractivity contribution in [3.05, 3.63) is 63.9 Å². The van der Waals surface area contributed by atoms with Crippen LogP contribution in [0.2, 0.25) is 10.0 Å². The van der Waals surface area contributed by atoms with E-state index in [1.54, 1.807) is 6.92 Å². The van der Waals surface area contributed by atoms with Crippen molar-refractivity contribution in [1.82, 2.24) is 10.2 Å². The number of nitrogens with one attached hydrogen (secondary N) is 1. The second-order valence-corrected chi connectivity index (χ2v) is 10.7. The Morgan fingerprint density at radius 1 is 1.09 bits per heavy atom. The van der Waals surface area contributed by atoms with Crippen molar-refractivity contribution in [3.63, 3.8) is 0 Å². The Kier molecular flexibility index (Phi) is 9.73. The molecule has 0 saturated carbocycles. The topological polar surface area (TPSA) is 86.8 Å². The summed E-state index contributed by atoms with van der Waals surface area (Å²) < 4.78 is 39.4. The highest BCUT2D eigenvalue weighted by molar-refractivity contribution is 7.92. The van der Waals surface area contributed by atoms with Crippen LogP contribution in [0.5, 0.6) is 0 Å². The molecule has 0 unspecified atom stereocenters. The monoisotopic (exact) mass is 531 g/mol. The van der Waals surface area contributed by atoms with E-state index in [-0.39, 0.29) is 28.3 Å². The van der Waals surface area contributed by atoms with Gasteiger partial charge in [-0.25, -0.2) is 12.8 Å². The largest absolute Gasteiger partial charge is 0.352 e. The van der Waals surface area contributed by atoms with Crippen LogP contribution in [0.25, 0.3) is 0 Å². The molecule has 2 atom stereocenters. The lowest BCUT2D eigenvalue weighted by molar-refractivity contribution is -0.139. The predicted octanol–water partition coefficient (Wildman–Crippen LogP) is 4.23. The quantitative estimate of drug-likeness (QED) is 0.496. The Bertz CT molecular complexity index is 1130. The van der Waals surface area contributed by atoms with Crippen molar-refractivity contribution >= 4 is 50.7 Å². The molecule has 0 saturated heterocycles. The molecule has 0 spiro atoms. The first-order valence-corrected chi connectivity index (χ1v) is 13.2. The second kappa shape index (κ2) is 11.9. The van der Waals surface area contributed by atoms with Crippen LogP contribution in [0.1, 0.15) is 32.8 Å². The molecule has 7 nitrogen and oxygen atoms in total. The first kappa shape index (κ1) is 27.9. The molecule has 0 bridgehead atoms. The molecule has 0 aliphatic heterocycles. The van der Waals surface area contributed by atoms with Crippen LogP contribution in [0.15, 0.2) is 42.5 Å². The van der Waals surface area contributed by atoms with Gasteiger partial charge in [0.05, 0.1) is 22.0 Å². The van der Waals surface area contributed by atoms with Crippen molar-refractivity contribution in [1.29, 1.82) is 0 Å². The predicted molar refractivity (Wildman–Crippen MR) is 133 cm³/mol.